The van der Waals surface area contributed by atoms with Crippen molar-refractivity contribution >= 4 is 28.7 Å². The molecule has 2 aromatic carbocycles. The largest absolute Gasteiger partial charge is 0.449 e. The van der Waals surface area contributed by atoms with Crippen LogP contribution in [0.2, 0.25) is 0 Å². The van der Waals surface area contributed by atoms with Crippen LogP contribution in [-0.2, 0) is 4.74 Å². The van der Waals surface area contributed by atoms with Gasteiger partial charge in [0, 0.05) is 16.5 Å². The smallest absolute Gasteiger partial charge is 0.424 e. The number of hydrogen-bond donors (Lipinski definition) is 0. The molecule has 2 aromatic rings. The van der Waals surface area contributed by atoms with Gasteiger partial charge in [-0.05, 0) is 23.9 Å². The lowest BCUT2D eigenvalue weighted by atomic mass is 9.94. The zero-order chi connectivity index (χ0) is 15.0. The maximum atomic E-state index is 12.4. The Balaban J connectivity index is 2.13. The van der Waals surface area contributed by atoms with Crippen LogP contribution in [0.5, 0.6) is 0 Å². The Hall–Kier alpha value is -2.69. The van der Waals surface area contributed by atoms with Crippen molar-refractivity contribution in [2.24, 2.45) is 0 Å². The first-order valence-corrected chi connectivity index (χ1v) is 6.72. The molecule has 0 radical (unpaired) electrons. The summed E-state index contributed by atoms with van der Waals surface area (Å²) in [6, 6.07) is 10.3. The van der Waals surface area contributed by atoms with Gasteiger partial charge in [-0.15, -0.1) is 0 Å². The van der Waals surface area contributed by atoms with Gasteiger partial charge >= 0.3 is 6.09 Å². The zero-order valence-corrected chi connectivity index (χ0v) is 11.5. The fourth-order valence-corrected chi connectivity index (χ4v) is 2.45. The minimum atomic E-state index is -0.918. The molecule has 3 amide bonds. The molecule has 106 valence electrons. The lowest BCUT2D eigenvalue weighted by molar-refractivity contribution is 0.0548. The van der Waals surface area contributed by atoms with Crippen LogP contribution in [0.15, 0.2) is 36.4 Å². The summed E-state index contributed by atoms with van der Waals surface area (Å²) < 4.78 is 4.93. The van der Waals surface area contributed by atoms with E-state index in [1.165, 1.54) is 0 Å². The molecule has 3 rings (SSSR count). The molecule has 0 bridgehead atoms. The minimum Gasteiger partial charge on any atom is -0.449 e. The average molecular weight is 283 g/mol. The van der Waals surface area contributed by atoms with E-state index >= 15 is 0 Å². The number of amides is 3. The molecule has 5 nitrogen and oxygen atoms in total. The molecule has 0 saturated heterocycles. The van der Waals surface area contributed by atoms with E-state index in [9.17, 15) is 14.4 Å². The fourth-order valence-electron chi connectivity index (χ4n) is 2.45. The van der Waals surface area contributed by atoms with Gasteiger partial charge in [0.2, 0.25) is 0 Å². The maximum Gasteiger partial charge on any atom is 0.424 e. The van der Waals surface area contributed by atoms with Crippen molar-refractivity contribution in [3.05, 3.63) is 47.5 Å². The Morgan fingerprint density at radius 3 is 2.14 bits per heavy atom. The third kappa shape index (κ3) is 1.98. The second-order valence-corrected chi connectivity index (χ2v) is 4.77. The van der Waals surface area contributed by atoms with E-state index in [0.29, 0.717) is 27.8 Å². The number of carbonyl (C=O) groups is 3. The number of rotatable bonds is 2. The van der Waals surface area contributed by atoms with Crippen LogP contribution in [0.3, 0.4) is 0 Å². The van der Waals surface area contributed by atoms with Crippen molar-refractivity contribution in [2.75, 3.05) is 6.61 Å². The Morgan fingerprint density at radius 2 is 1.62 bits per heavy atom. The maximum absolute atomic E-state index is 12.4. The quantitative estimate of drug-likeness (QED) is 0.795. The van der Waals surface area contributed by atoms with E-state index in [0.717, 1.165) is 5.39 Å². The van der Waals surface area contributed by atoms with Crippen LogP contribution in [0, 0.1) is 0 Å². The summed E-state index contributed by atoms with van der Waals surface area (Å²) in [6.07, 6.45) is -0.299. The highest BCUT2D eigenvalue weighted by Crippen LogP contribution is 2.30. The highest BCUT2D eigenvalue weighted by molar-refractivity contribution is 6.30. The van der Waals surface area contributed by atoms with Crippen molar-refractivity contribution in [1.82, 2.24) is 4.90 Å². The average Bonchev–Trinajstić information content (AvgIpc) is 2.50. The van der Waals surface area contributed by atoms with Gasteiger partial charge < -0.3 is 4.74 Å². The van der Waals surface area contributed by atoms with Crippen molar-refractivity contribution in [2.45, 2.75) is 13.3 Å². The van der Waals surface area contributed by atoms with Gasteiger partial charge in [0.25, 0.3) is 11.8 Å². The first-order chi connectivity index (χ1) is 10.1. The van der Waals surface area contributed by atoms with E-state index in [2.05, 4.69) is 0 Å². The van der Waals surface area contributed by atoms with Gasteiger partial charge in [0.05, 0.1) is 6.61 Å². The van der Waals surface area contributed by atoms with Crippen LogP contribution in [0.25, 0.3) is 10.8 Å². The standard InChI is InChI=1S/C16H13NO4/c1-2-9-21-16(20)17-14(18)11-7-3-5-10-6-4-8-12(13(10)11)15(17)19/h3-8H,2,9H2,1H3. The van der Waals surface area contributed by atoms with Crippen LogP contribution < -0.4 is 0 Å². The number of benzene rings is 2. The molecule has 1 aliphatic heterocycles. The summed E-state index contributed by atoms with van der Waals surface area (Å²) in [4.78, 5) is 37.4. The molecule has 1 heterocycles. The third-order valence-corrected chi connectivity index (χ3v) is 3.38. The normalized spacial score (nSPS) is 13.7. The number of carbonyl (C=O) groups excluding carboxylic acids is 3. The second-order valence-electron chi connectivity index (χ2n) is 4.77. The molecule has 0 aliphatic carbocycles. The molecular formula is C16H13NO4. The topological polar surface area (TPSA) is 63.7 Å². The summed E-state index contributed by atoms with van der Waals surface area (Å²) in [6.45, 7) is 2.00. The lowest BCUT2D eigenvalue weighted by Crippen LogP contribution is -2.44. The Labute approximate surface area is 121 Å². The molecule has 21 heavy (non-hydrogen) atoms. The fraction of sp³-hybridized carbons (Fsp3) is 0.188. The predicted molar refractivity (Wildman–Crippen MR) is 76.1 cm³/mol. The van der Waals surface area contributed by atoms with Crippen molar-refractivity contribution < 1.29 is 19.1 Å². The van der Waals surface area contributed by atoms with Gasteiger partial charge in [-0.25, -0.2) is 4.79 Å². The molecule has 0 saturated carbocycles. The molecule has 5 heteroatoms. The van der Waals surface area contributed by atoms with Gasteiger partial charge in [-0.3, -0.25) is 9.59 Å². The van der Waals surface area contributed by atoms with E-state index in [1.54, 1.807) is 24.3 Å². The Bertz CT molecular complexity index is 715. The van der Waals surface area contributed by atoms with Crippen LogP contribution >= 0.6 is 0 Å². The van der Waals surface area contributed by atoms with Crippen LogP contribution in [0.1, 0.15) is 34.1 Å². The van der Waals surface area contributed by atoms with E-state index < -0.39 is 17.9 Å². The third-order valence-electron chi connectivity index (χ3n) is 3.38. The molecule has 0 unspecified atom stereocenters. The van der Waals surface area contributed by atoms with Gasteiger partial charge in [-0.1, -0.05) is 31.2 Å². The molecule has 0 N–H and O–H groups in total. The Kier molecular flexibility index (Phi) is 3.17. The number of hydrogen-bond acceptors (Lipinski definition) is 4. The summed E-state index contributed by atoms with van der Waals surface area (Å²) in [7, 11) is 0. The van der Waals surface area contributed by atoms with E-state index in [-0.39, 0.29) is 6.61 Å². The highest BCUT2D eigenvalue weighted by atomic mass is 16.6. The second kappa shape index (κ2) is 5.01. The first kappa shape index (κ1) is 13.3. The zero-order valence-electron chi connectivity index (χ0n) is 11.5. The summed E-state index contributed by atoms with van der Waals surface area (Å²) in [5.41, 5.74) is 0.687. The lowest BCUT2D eigenvalue weighted by Gasteiger charge is -2.24. The van der Waals surface area contributed by atoms with Crippen LogP contribution in [-0.4, -0.2) is 29.4 Å². The summed E-state index contributed by atoms with van der Waals surface area (Å²) in [5.74, 6) is -1.27. The monoisotopic (exact) mass is 283 g/mol. The first-order valence-electron chi connectivity index (χ1n) is 6.72. The predicted octanol–water partition coefficient (Wildman–Crippen LogP) is 2.98. The summed E-state index contributed by atoms with van der Waals surface area (Å²) in [5, 5.41) is 1.39. The molecule has 0 fully saturated rings. The molecular weight excluding hydrogens is 270 g/mol. The molecule has 0 spiro atoms. The molecule has 0 atom stereocenters. The molecule has 1 aliphatic rings. The SMILES string of the molecule is CCCOC(=O)N1C(=O)c2cccc3cccc(c23)C1=O. The number of imide groups is 3. The van der Waals surface area contributed by atoms with E-state index in [1.807, 2.05) is 19.1 Å². The van der Waals surface area contributed by atoms with Gasteiger partial charge in [0.1, 0.15) is 0 Å². The highest BCUT2D eigenvalue weighted by Gasteiger charge is 2.37. The molecule has 0 aromatic heterocycles. The van der Waals surface area contributed by atoms with E-state index in [4.69, 9.17) is 4.74 Å². The van der Waals surface area contributed by atoms with Crippen LogP contribution in [0.4, 0.5) is 4.79 Å². The van der Waals surface area contributed by atoms with Crippen molar-refractivity contribution in [3.8, 4) is 0 Å². The number of ether oxygens (including phenoxy) is 1. The van der Waals surface area contributed by atoms with Gasteiger partial charge in [-0.2, -0.15) is 4.90 Å². The van der Waals surface area contributed by atoms with Crippen molar-refractivity contribution in [1.29, 1.82) is 0 Å². The Morgan fingerprint density at radius 1 is 1.05 bits per heavy atom. The minimum absolute atomic E-state index is 0.168. The van der Waals surface area contributed by atoms with Crippen molar-refractivity contribution in [3.63, 3.8) is 0 Å². The number of nitrogens with zero attached hydrogens (tertiary/aromatic N) is 1. The summed E-state index contributed by atoms with van der Waals surface area (Å²) >= 11 is 0. The van der Waals surface area contributed by atoms with Gasteiger partial charge in [0.15, 0.2) is 0 Å².